The lowest BCUT2D eigenvalue weighted by atomic mass is 10.2. The van der Waals surface area contributed by atoms with Gasteiger partial charge in [-0.1, -0.05) is 0 Å². The second-order valence-electron chi connectivity index (χ2n) is 2.89. The van der Waals surface area contributed by atoms with Gasteiger partial charge in [0.15, 0.2) is 5.82 Å². The molecule has 0 aliphatic rings. The predicted molar refractivity (Wildman–Crippen MR) is 60.5 cm³/mol. The largest absolute Gasteiger partial charge is 0.206 e. The Morgan fingerprint density at radius 3 is 2.40 bits per heavy atom. The minimum Gasteiger partial charge on any atom is -0.206 e. The van der Waals surface area contributed by atoms with Gasteiger partial charge in [-0.3, -0.25) is 0 Å². The quantitative estimate of drug-likeness (QED) is 0.755. The molecule has 2 rings (SSSR count). The number of hydrogen-bond acceptors (Lipinski definition) is 4. The predicted octanol–water partition coefficient (Wildman–Crippen LogP) is 1.99. The van der Waals surface area contributed by atoms with Crippen molar-refractivity contribution in [1.29, 1.82) is 0 Å². The van der Waals surface area contributed by atoms with Crippen molar-refractivity contribution in [1.82, 2.24) is 20.4 Å². The molecule has 0 N–H and O–H groups in total. The van der Waals surface area contributed by atoms with Crippen molar-refractivity contribution < 1.29 is 4.39 Å². The van der Waals surface area contributed by atoms with Gasteiger partial charge >= 0.3 is 0 Å². The van der Waals surface area contributed by atoms with Gasteiger partial charge in [0.25, 0.3) is 0 Å². The topological polar surface area (TPSA) is 51.6 Å². The summed E-state index contributed by atoms with van der Waals surface area (Å²) >= 11 is 2.03. The van der Waals surface area contributed by atoms with Crippen LogP contribution < -0.4 is 0 Å². The summed E-state index contributed by atoms with van der Waals surface area (Å²) in [5, 5.41) is 15.0. The van der Waals surface area contributed by atoms with Gasteiger partial charge in [-0.25, -0.2) is 4.39 Å². The average molecular weight is 316 g/mol. The maximum Gasteiger partial charge on any atom is 0.206 e. The third-order valence-corrected chi connectivity index (χ3v) is 2.42. The lowest BCUT2D eigenvalue weighted by Gasteiger charge is -2.00. The zero-order chi connectivity index (χ0) is 10.8. The van der Waals surface area contributed by atoms with E-state index in [0.717, 1.165) is 3.57 Å². The van der Waals surface area contributed by atoms with Gasteiger partial charge in [0.2, 0.25) is 5.82 Å². The Morgan fingerprint density at radius 1 is 1.13 bits per heavy atom. The molecule has 4 nitrogen and oxygen atoms in total. The first-order valence-corrected chi connectivity index (χ1v) is 5.24. The number of aryl methyl sites for hydroxylation is 1. The molecule has 0 fully saturated rings. The summed E-state index contributed by atoms with van der Waals surface area (Å²) < 4.78 is 14.3. The first kappa shape index (κ1) is 10.3. The van der Waals surface area contributed by atoms with E-state index in [2.05, 4.69) is 20.4 Å². The molecule has 0 amide bonds. The van der Waals surface area contributed by atoms with E-state index >= 15 is 0 Å². The smallest absolute Gasteiger partial charge is 0.206 e. The fourth-order valence-corrected chi connectivity index (χ4v) is 1.51. The van der Waals surface area contributed by atoms with E-state index in [1.807, 2.05) is 22.6 Å². The fourth-order valence-electron chi connectivity index (χ4n) is 1.06. The van der Waals surface area contributed by atoms with E-state index in [9.17, 15) is 4.39 Å². The van der Waals surface area contributed by atoms with Gasteiger partial charge < -0.3 is 0 Å². The molecule has 0 saturated carbocycles. The lowest BCUT2D eigenvalue weighted by Crippen LogP contribution is -2.00. The third kappa shape index (κ3) is 2.25. The van der Waals surface area contributed by atoms with E-state index in [0.29, 0.717) is 11.4 Å². The van der Waals surface area contributed by atoms with Crippen LogP contribution in [0.4, 0.5) is 4.39 Å². The molecule has 0 unspecified atom stereocenters. The van der Waals surface area contributed by atoms with E-state index in [4.69, 9.17) is 0 Å². The van der Waals surface area contributed by atoms with Crippen LogP contribution in [-0.4, -0.2) is 20.4 Å². The Morgan fingerprint density at radius 2 is 1.80 bits per heavy atom. The molecule has 6 heteroatoms. The van der Waals surface area contributed by atoms with E-state index < -0.39 is 0 Å². The number of benzene rings is 1. The van der Waals surface area contributed by atoms with Crippen LogP contribution >= 0.6 is 22.6 Å². The van der Waals surface area contributed by atoms with Crippen LogP contribution in [0.5, 0.6) is 0 Å². The zero-order valence-corrected chi connectivity index (χ0v) is 9.93. The second kappa shape index (κ2) is 4.13. The maximum absolute atomic E-state index is 13.5. The Kier molecular flexibility index (Phi) is 2.85. The molecule has 0 atom stereocenters. The summed E-state index contributed by atoms with van der Waals surface area (Å²) in [6.45, 7) is 1.67. The van der Waals surface area contributed by atoms with Gasteiger partial charge in [-0.05, 0) is 47.7 Å². The molecule has 1 aromatic heterocycles. The summed E-state index contributed by atoms with van der Waals surface area (Å²) in [5.41, 5.74) is 0.315. The van der Waals surface area contributed by atoms with Crippen molar-refractivity contribution in [3.8, 4) is 11.4 Å². The molecule has 0 saturated heterocycles. The molecule has 2 aromatic rings. The van der Waals surface area contributed by atoms with Crippen molar-refractivity contribution in [2.24, 2.45) is 0 Å². The van der Waals surface area contributed by atoms with Crippen LogP contribution in [0.1, 0.15) is 5.82 Å². The number of nitrogens with zero attached hydrogens (tertiary/aromatic N) is 4. The second-order valence-corrected chi connectivity index (χ2v) is 4.14. The summed E-state index contributed by atoms with van der Waals surface area (Å²) in [6.07, 6.45) is 0. The molecule has 1 aromatic carbocycles. The van der Waals surface area contributed by atoms with E-state index in [1.165, 1.54) is 6.07 Å². The Hall–Kier alpha value is -1.18. The lowest BCUT2D eigenvalue weighted by molar-refractivity contribution is 0.627. The molecular formula is C9H6FIN4. The SMILES string of the molecule is Cc1nnc(-c2ccc(I)cc2F)nn1. The van der Waals surface area contributed by atoms with Crippen LogP contribution in [-0.2, 0) is 0 Å². The minimum absolute atomic E-state index is 0.203. The van der Waals surface area contributed by atoms with Crippen molar-refractivity contribution in [2.75, 3.05) is 0 Å². The van der Waals surface area contributed by atoms with Crippen molar-refractivity contribution in [3.63, 3.8) is 0 Å². The molecule has 76 valence electrons. The first-order valence-electron chi connectivity index (χ1n) is 4.16. The third-order valence-electron chi connectivity index (χ3n) is 1.75. The van der Waals surface area contributed by atoms with Gasteiger partial charge in [0, 0.05) is 3.57 Å². The molecule has 0 bridgehead atoms. The number of hydrogen-bond donors (Lipinski definition) is 0. The molecule has 0 aliphatic heterocycles. The van der Waals surface area contributed by atoms with Gasteiger partial charge in [-0.2, -0.15) is 0 Å². The highest BCUT2D eigenvalue weighted by molar-refractivity contribution is 14.1. The van der Waals surface area contributed by atoms with Crippen molar-refractivity contribution in [3.05, 3.63) is 33.4 Å². The molecule has 0 radical (unpaired) electrons. The highest BCUT2D eigenvalue weighted by atomic mass is 127. The molecular weight excluding hydrogens is 310 g/mol. The van der Waals surface area contributed by atoms with Crippen LogP contribution in [0, 0.1) is 16.3 Å². The Balaban J connectivity index is 2.49. The van der Waals surface area contributed by atoms with Crippen LogP contribution in [0.2, 0.25) is 0 Å². The number of aromatic nitrogens is 4. The summed E-state index contributed by atoms with van der Waals surface area (Å²) in [7, 11) is 0. The monoisotopic (exact) mass is 316 g/mol. The Labute approximate surface area is 99.1 Å². The van der Waals surface area contributed by atoms with Crippen molar-refractivity contribution >= 4 is 22.6 Å². The summed E-state index contributed by atoms with van der Waals surface area (Å²) in [5.74, 6) is 0.300. The zero-order valence-electron chi connectivity index (χ0n) is 7.78. The molecule has 0 spiro atoms. The van der Waals surface area contributed by atoms with Crippen LogP contribution in [0.15, 0.2) is 18.2 Å². The Bertz CT molecular complexity index is 486. The van der Waals surface area contributed by atoms with Crippen LogP contribution in [0.3, 0.4) is 0 Å². The maximum atomic E-state index is 13.5. The van der Waals surface area contributed by atoms with Gasteiger partial charge in [0.1, 0.15) is 5.82 Å². The highest BCUT2D eigenvalue weighted by Crippen LogP contribution is 2.19. The van der Waals surface area contributed by atoms with Crippen LogP contribution in [0.25, 0.3) is 11.4 Å². The summed E-state index contributed by atoms with van der Waals surface area (Å²) in [6, 6.07) is 4.81. The normalized spacial score (nSPS) is 10.3. The van der Waals surface area contributed by atoms with Gasteiger partial charge in [0.05, 0.1) is 5.56 Å². The highest BCUT2D eigenvalue weighted by Gasteiger charge is 2.09. The first-order chi connectivity index (χ1) is 7.16. The molecule has 1 heterocycles. The summed E-state index contributed by atoms with van der Waals surface area (Å²) in [4.78, 5) is 0. The van der Waals surface area contributed by atoms with Crippen molar-refractivity contribution in [2.45, 2.75) is 6.92 Å². The number of halogens is 2. The minimum atomic E-state index is -0.366. The number of rotatable bonds is 1. The van der Waals surface area contributed by atoms with Gasteiger partial charge in [-0.15, -0.1) is 20.4 Å². The standard InChI is InChI=1S/C9H6FIN4/c1-5-12-14-9(15-13-5)7-3-2-6(11)4-8(7)10/h2-4H,1H3. The van der Waals surface area contributed by atoms with E-state index in [-0.39, 0.29) is 11.6 Å². The van der Waals surface area contributed by atoms with E-state index in [1.54, 1.807) is 19.1 Å². The molecule has 15 heavy (non-hydrogen) atoms. The average Bonchev–Trinajstić information content (AvgIpc) is 2.20. The fraction of sp³-hybridized carbons (Fsp3) is 0.111. The molecule has 0 aliphatic carbocycles.